The summed E-state index contributed by atoms with van der Waals surface area (Å²) in [5, 5.41) is 14.7. The Bertz CT molecular complexity index is 1590. The lowest BCUT2D eigenvalue weighted by Crippen LogP contribution is -2.15. The summed E-state index contributed by atoms with van der Waals surface area (Å²) in [4.78, 5) is 9.36. The molecule has 0 radical (unpaired) electrons. The van der Waals surface area contributed by atoms with Crippen molar-refractivity contribution in [2.45, 2.75) is 26.4 Å². The third-order valence-corrected chi connectivity index (χ3v) is 6.60. The summed E-state index contributed by atoms with van der Waals surface area (Å²) in [6.07, 6.45) is 1.58. The maximum absolute atomic E-state index is 10.1. The Morgan fingerprint density at radius 3 is 2.69 bits per heavy atom. The Morgan fingerprint density at radius 1 is 1.06 bits per heavy atom. The molecule has 0 bridgehead atoms. The van der Waals surface area contributed by atoms with Gasteiger partial charge in [-0.2, -0.15) is 0 Å². The first-order chi connectivity index (χ1) is 17.5. The molecule has 5 aromatic rings. The molecule has 0 amide bonds. The van der Waals surface area contributed by atoms with Gasteiger partial charge in [0, 0.05) is 17.5 Å². The molecule has 8 heteroatoms. The van der Waals surface area contributed by atoms with Crippen LogP contribution in [0.2, 0.25) is 0 Å². The van der Waals surface area contributed by atoms with E-state index in [1.807, 2.05) is 49.4 Å². The van der Waals surface area contributed by atoms with E-state index in [1.165, 1.54) is 0 Å². The second kappa shape index (κ2) is 8.57. The van der Waals surface area contributed by atoms with Crippen molar-refractivity contribution < 1.29 is 19.3 Å². The van der Waals surface area contributed by atoms with Crippen LogP contribution in [0.3, 0.4) is 0 Å². The van der Waals surface area contributed by atoms with Crippen LogP contribution < -0.4 is 14.2 Å². The second-order valence-corrected chi connectivity index (χ2v) is 8.78. The van der Waals surface area contributed by atoms with Crippen LogP contribution in [0.25, 0.3) is 5.65 Å². The van der Waals surface area contributed by atoms with Gasteiger partial charge in [0.25, 0.3) is 0 Å². The van der Waals surface area contributed by atoms with Crippen LogP contribution in [0, 0.1) is 13.8 Å². The van der Waals surface area contributed by atoms with E-state index in [9.17, 15) is 5.11 Å². The maximum Gasteiger partial charge on any atom is 0.228 e. The number of aromatic nitrogens is 4. The molecule has 8 nitrogen and oxygen atoms in total. The van der Waals surface area contributed by atoms with Crippen molar-refractivity contribution >= 4 is 5.65 Å². The van der Waals surface area contributed by atoms with E-state index in [0.29, 0.717) is 23.1 Å². The Morgan fingerprint density at radius 2 is 1.89 bits per heavy atom. The predicted molar refractivity (Wildman–Crippen MR) is 133 cm³/mol. The Hall–Kier alpha value is -4.59. The maximum atomic E-state index is 10.1. The van der Waals surface area contributed by atoms with Crippen LogP contribution in [0.4, 0.5) is 0 Å². The highest BCUT2D eigenvalue weighted by Gasteiger charge is 2.33. The highest BCUT2D eigenvalue weighted by molar-refractivity contribution is 5.66. The average molecular weight is 481 g/mol. The molecule has 0 saturated carbocycles. The van der Waals surface area contributed by atoms with Crippen molar-refractivity contribution in [3.63, 3.8) is 0 Å². The van der Waals surface area contributed by atoms with Crippen molar-refractivity contribution in [3.8, 4) is 28.9 Å². The van der Waals surface area contributed by atoms with E-state index in [4.69, 9.17) is 19.2 Å². The molecular formula is C28H24N4O4. The van der Waals surface area contributed by atoms with Gasteiger partial charge in [-0.05, 0) is 54.8 Å². The highest BCUT2D eigenvalue weighted by Crippen LogP contribution is 2.48. The summed E-state index contributed by atoms with van der Waals surface area (Å²) in [6.45, 7) is 4.31. The van der Waals surface area contributed by atoms with E-state index in [-0.39, 0.29) is 18.3 Å². The van der Waals surface area contributed by atoms with Crippen LogP contribution in [-0.4, -0.2) is 31.8 Å². The van der Waals surface area contributed by atoms with E-state index in [2.05, 4.69) is 23.1 Å². The van der Waals surface area contributed by atoms with Gasteiger partial charge in [-0.15, -0.1) is 5.10 Å². The first kappa shape index (κ1) is 21.9. The standard InChI is InChI=1S/C28H24N4O4/c1-16-5-4-6-22(17(16)2)35-14-24-30-27-26-25(18-7-10-20(34-3)11-8-18)21-12-9-19(33)13-23(21)36-28(26)29-15-32(27)31-24/h4-13,15,25,33H,14H2,1-3H3/t25-/m0/s1. The Balaban J connectivity index is 1.45. The van der Waals surface area contributed by atoms with Crippen LogP contribution in [-0.2, 0) is 6.61 Å². The van der Waals surface area contributed by atoms with Crippen LogP contribution in [0.5, 0.6) is 28.9 Å². The quantitative estimate of drug-likeness (QED) is 0.357. The summed E-state index contributed by atoms with van der Waals surface area (Å²) in [7, 11) is 1.64. The first-order valence-corrected chi connectivity index (χ1v) is 11.6. The lowest BCUT2D eigenvalue weighted by molar-refractivity contribution is 0.294. The SMILES string of the molecule is COc1ccc([C@H]2c3ccc(O)cc3Oc3ncn4nc(COc5cccc(C)c5C)nc4c32)cc1. The van der Waals surface area contributed by atoms with Crippen LogP contribution in [0.1, 0.15) is 39.6 Å². The first-order valence-electron chi connectivity index (χ1n) is 11.6. The highest BCUT2D eigenvalue weighted by atomic mass is 16.5. The number of hydrogen-bond acceptors (Lipinski definition) is 7. The molecule has 2 aromatic heterocycles. The number of ether oxygens (including phenoxy) is 3. The number of rotatable bonds is 5. The molecular weight excluding hydrogens is 456 g/mol. The fourth-order valence-corrected chi connectivity index (χ4v) is 4.57. The van der Waals surface area contributed by atoms with Gasteiger partial charge in [-0.25, -0.2) is 14.5 Å². The molecule has 3 heterocycles. The molecule has 0 spiro atoms. The van der Waals surface area contributed by atoms with Crippen molar-refractivity contribution in [2.24, 2.45) is 0 Å². The molecule has 1 atom stereocenters. The number of fused-ring (bicyclic) bond motifs is 4. The summed E-state index contributed by atoms with van der Waals surface area (Å²) in [6, 6.07) is 19.0. The van der Waals surface area contributed by atoms with E-state index in [0.717, 1.165) is 39.3 Å². The molecule has 180 valence electrons. The molecule has 3 aromatic carbocycles. The number of benzene rings is 3. The van der Waals surface area contributed by atoms with Gasteiger partial charge in [-0.1, -0.05) is 30.3 Å². The molecule has 0 fully saturated rings. The number of phenols is 1. The summed E-state index contributed by atoms with van der Waals surface area (Å²) < 4.78 is 19.2. The molecule has 0 unspecified atom stereocenters. The number of aryl methyl sites for hydroxylation is 1. The van der Waals surface area contributed by atoms with Gasteiger partial charge in [0.1, 0.15) is 35.9 Å². The average Bonchev–Trinajstić information content (AvgIpc) is 3.31. The largest absolute Gasteiger partial charge is 0.508 e. The third-order valence-electron chi connectivity index (χ3n) is 6.60. The number of methoxy groups -OCH3 is 1. The second-order valence-electron chi connectivity index (χ2n) is 8.78. The third kappa shape index (κ3) is 3.67. The summed E-state index contributed by atoms with van der Waals surface area (Å²) >= 11 is 0. The van der Waals surface area contributed by atoms with Gasteiger partial charge >= 0.3 is 0 Å². The van der Waals surface area contributed by atoms with Crippen molar-refractivity contribution in [2.75, 3.05) is 7.11 Å². The fraction of sp³-hybridized carbons (Fsp3) is 0.179. The zero-order valence-corrected chi connectivity index (χ0v) is 20.1. The van der Waals surface area contributed by atoms with Crippen molar-refractivity contribution in [1.29, 1.82) is 0 Å². The summed E-state index contributed by atoms with van der Waals surface area (Å²) in [5.41, 5.74) is 5.60. The molecule has 1 aliphatic rings. The van der Waals surface area contributed by atoms with Gasteiger partial charge < -0.3 is 19.3 Å². The predicted octanol–water partition coefficient (Wildman–Crippen LogP) is 5.32. The minimum absolute atomic E-state index is 0.125. The molecule has 0 aliphatic carbocycles. The van der Waals surface area contributed by atoms with Gasteiger partial charge in [0.05, 0.1) is 12.7 Å². The molecule has 1 aliphatic heterocycles. The van der Waals surface area contributed by atoms with Crippen molar-refractivity contribution in [3.05, 3.63) is 101 Å². The minimum atomic E-state index is -0.233. The van der Waals surface area contributed by atoms with Gasteiger partial charge in [0.15, 0.2) is 11.5 Å². The van der Waals surface area contributed by atoms with Crippen molar-refractivity contribution in [1.82, 2.24) is 19.6 Å². The molecule has 6 rings (SSSR count). The zero-order chi connectivity index (χ0) is 24.8. The summed E-state index contributed by atoms with van der Waals surface area (Å²) in [5.74, 6) is 2.98. The Labute approximate surface area is 207 Å². The van der Waals surface area contributed by atoms with E-state index >= 15 is 0 Å². The van der Waals surface area contributed by atoms with Gasteiger partial charge in [0.2, 0.25) is 5.88 Å². The normalized spacial score (nSPS) is 14.1. The van der Waals surface area contributed by atoms with Crippen LogP contribution >= 0.6 is 0 Å². The minimum Gasteiger partial charge on any atom is -0.508 e. The molecule has 36 heavy (non-hydrogen) atoms. The lowest BCUT2D eigenvalue weighted by Gasteiger charge is -2.28. The lowest BCUT2D eigenvalue weighted by atomic mass is 9.84. The smallest absolute Gasteiger partial charge is 0.228 e. The zero-order valence-electron chi connectivity index (χ0n) is 20.1. The molecule has 0 saturated heterocycles. The number of nitrogens with zero attached hydrogens (tertiary/aromatic N) is 4. The number of hydrogen-bond donors (Lipinski definition) is 1. The monoisotopic (exact) mass is 480 g/mol. The molecule has 1 N–H and O–H groups in total. The number of phenolic OH excluding ortho intramolecular Hbond substituents is 1. The van der Waals surface area contributed by atoms with Crippen LogP contribution in [0.15, 0.2) is 67.0 Å². The van der Waals surface area contributed by atoms with E-state index < -0.39 is 0 Å². The number of aromatic hydroxyl groups is 1. The topological polar surface area (TPSA) is 91.0 Å². The van der Waals surface area contributed by atoms with Gasteiger partial charge in [-0.3, -0.25) is 0 Å². The Kier molecular flexibility index (Phi) is 5.21. The van der Waals surface area contributed by atoms with E-state index in [1.54, 1.807) is 30.1 Å². The fourth-order valence-electron chi connectivity index (χ4n) is 4.57.